The number of aliphatic carboxylic acids is 1. The van der Waals surface area contributed by atoms with Crippen molar-refractivity contribution in [3.05, 3.63) is 12.2 Å². The van der Waals surface area contributed by atoms with Crippen LogP contribution >= 0.6 is 0 Å². The molecule has 0 radical (unpaired) electrons. The van der Waals surface area contributed by atoms with Gasteiger partial charge in [0, 0.05) is 12.2 Å². The predicted octanol–water partition coefficient (Wildman–Crippen LogP) is 4.97. The lowest BCUT2D eigenvalue weighted by atomic mass is 9.72. The van der Waals surface area contributed by atoms with Gasteiger partial charge in [0.15, 0.2) is 0 Å². The van der Waals surface area contributed by atoms with Crippen molar-refractivity contribution in [1.82, 2.24) is 0 Å². The van der Waals surface area contributed by atoms with Crippen molar-refractivity contribution in [2.45, 2.75) is 84.7 Å². The summed E-state index contributed by atoms with van der Waals surface area (Å²) in [6.07, 6.45) is 10.7. The lowest BCUT2D eigenvalue weighted by Crippen LogP contribution is -2.35. The van der Waals surface area contributed by atoms with E-state index in [4.69, 9.17) is 9.84 Å². The van der Waals surface area contributed by atoms with Gasteiger partial charge >= 0.3 is 11.9 Å². The van der Waals surface area contributed by atoms with E-state index >= 15 is 0 Å². The van der Waals surface area contributed by atoms with Gasteiger partial charge in [-0.15, -0.1) is 0 Å². The van der Waals surface area contributed by atoms with Crippen LogP contribution in [-0.2, 0) is 14.3 Å². The fourth-order valence-corrected chi connectivity index (χ4v) is 4.05. The van der Waals surface area contributed by atoms with Gasteiger partial charge < -0.3 is 9.84 Å². The number of hydrogen-bond donors (Lipinski definition) is 1. The van der Waals surface area contributed by atoms with Crippen LogP contribution in [0.15, 0.2) is 12.2 Å². The minimum atomic E-state index is -1.13. The Morgan fingerprint density at radius 1 is 1.21 bits per heavy atom. The molecule has 0 bridgehead atoms. The van der Waals surface area contributed by atoms with Crippen LogP contribution in [0.2, 0.25) is 0 Å². The van der Waals surface area contributed by atoms with E-state index in [1.807, 2.05) is 6.92 Å². The van der Waals surface area contributed by atoms with Crippen LogP contribution < -0.4 is 0 Å². The lowest BCUT2D eigenvalue weighted by Gasteiger charge is -2.37. The molecule has 2 atom stereocenters. The van der Waals surface area contributed by atoms with Gasteiger partial charge in [-0.25, -0.2) is 9.59 Å². The number of carbonyl (C=O) groups is 2. The first-order chi connectivity index (χ1) is 11.3. The highest BCUT2D eigenvalue weighted by Crippen LogP contribution is 2.39. The second kappa shape index (κ2) is 9.85. The SMILES string of the molecule is CCCC(C)(CC1CCC(C(C)CC)CC1)OC(=O)/C=C/C(=O)O. The zero-order valence-electron chi connectivity index (χ0n) is 15.7. The quantitative estimate of drug-likeness (QED) is 0.476. The summed E-state index contributed by atoms with van der Waals surface area (Å²) in [6.45, 7) is 8.69. The molecular weight excluding hydrogens is 304 g/mol. The first kappa shape index (κ1) is 20.7. The summed E-state index contributed by atoms with van der Waals surface area (Å²) in [6, 6.07) is 0. The maximum atomic E-state index is 11.9. The number of carboxylic acids is 1. The normalized spacial score (nSPS) is 25.2. The Morgan fingerprint density at radius 2 is 1.83 bits per heavy atom. The van der Waals surface area contributed by atoms with Crippen molar-refractivity contribution < 1.29 is 19.4 Å². The molecule has 1 aliphatic carbocycles. The molecule has 0 amide bonds. The van der Waals surface area contributed by atoms with Gasteiger partial charge in [-0.2, -0.15) is 0 Å². The van der Waals surface area contributed by atoms with E-state index in [2.05, 4.69) is 20.8 Å². The summed E-state index contributed by atoms with van der Waals surface area (Å²) in [7, 11) is 0. The molecule has 1 saturated carbocycles. The van der Waals surface area contributed by atoms with Crippen molar-refractivity contribution in [3.63, 3.8) is 0 Å². The van der Waals surface area contributed by atoms with E-state index < -0.39 is 17.5 Å². The Labute approximate surface area is 146 Å². The van der Waals surface area contributed by atoms with E-state index in [0.29, 0.717) is 5.92 Å². The van der Waals surface area contributed by atoms with Crippen molar-refractivity contribution in [3.8, 4) is 0 Å². The molecule has 2 unspecified atom stereocenters. The zero-order chi connectivity index (χ0) is 18.2. The highest BCUT2D eigenvalue weighted by molar-refractivity contribution is 5.90. The third-order valence-electron chi connectivity index (χ3n) is 5.55. The predicted molar refractivity (Wildman–Crippen MR) is 95.7 cm³/mol. The number of esters is 1. The summed E-state index contributed by atoms with van der Waals surface area (Å²) < 4.78 is 5.64. The first-order valence-electron chi connectivity index (χ1n) is 9.43. The van der Waals surface area contributed by atoms with E-state index in [0.717, 1.165) is 43.3 Å². The summed E-state index contributed by atoms with van der Waals surface area (Å²) in [4.78, 5) is 22.4. The van der Waals surface area contributed by atoms with Gasteiger partial charge in [-0.1, -0.05) is 46.5 Å². The molecule has 0 aliphatic heterocycles. The Hall–Kier alpha value is -1.32. The summed E-state index contributed by atoms with van der Waals surface area (Å²) in [5, 5.41) is 8.62. The second-order valence-electron chi connectivity index (χ2n) is 7.66. The van der Waals surface area contributed by atoms with Gasteiger partial charge in [-0.3, -0.25) is 0 Å². The molecule has 4 nitrogen and oxygen atoms in total. The molecule has 1 N–H and O–H groups in total. The molecule has 24 heavy (non-hydrogen) atoms. The van der Waals surface area contributed by atoms with Gasteiger partial charge in [0.2, 0.25) is 0 Å². The third-order valence-corrected chi connectivity index (χ3v) is 5.55. The molecule has 1 aliphatic rings. The van der Waals surface area contributed by atoms with E-state index in [1.165, 1.54) is 32.1 Å². The summed E-state index contributed by atoms with van der Waals surface area (Å²) in [5.41, 5.74) is -0.497. The fourth-order valence-electron chi connectivity index (χ4n) is 4.05. The minimum absolute atomic E-state index is 0.497. The topological polar surface area (TPSA) is 63.6 Å². The summed E-state index contributed by atoms with van der Waals surface area (Å²) >= 11 is 0. The van der Waals surface area contributed by atoms with Crippen LogP contribution in [0.25, 0.3) is 0 Å². The van der Waals surface area contributed by atoms with Crippen molar-refractivity contribution >= 4 is 11.9 Å². The van der Waals surface area contributed by atoms with Gasteiger partial charge in [0.25, 0.3) is 0 Å². The molecule has 0 spiro atoms. The molecule has 138 valence electrons. The monoisotopic (exact) mass is 338 g/mol. The highest BCUT2D eigenvalue weighted by atomic mass is 16.6. The maximum Gasteiger partial charge on any atom is 0.331 e. The number of carboxylic acid groups (broad SMARTS) is 1. The Morgan fingerprint density at radius 3 is 2.33 bits per heavy atom. The molecular formula is C20H34O4. The molecule has 0 aromatic carbocycles. The average Bonchev–Trinajstić information content (AvgIpc) is 2.53. The number of rotatable bonds is 9. The maximum absolute atomic E-state index is 11.9. The Bertz CT molecular complexity index is 435. The van der Waals surface area contributed by atoms with Crippen molar-refractivity contribution in [2.24, 2.45) is 17.8 Å². The number of hydrogen-bond acceptors (Lipinski definition) is 3. The number of carbonyl (C=O) groups excluding carboxylic acids is 1. The van der Waals surface area contributed by atoms with Crippen LogP contribution in [0.4, 0.5) is 0 Å². The second-order valence-corrected chi connectivity index (χ2v) is 7.66. The minimum Gasteiger partial charge on any atom is -0.478 e. The third kappa shape index (κ3) is 7.06. The first-order valence-corrected chi connectivity index (χ1v) is 9.43. The van der Waals surface area contributed by atoms with Crippen LogP contribution in [0, 0.1) is 17.8 Å². The van der Waals surface area contributed by atoms with Crippen LogP contribution in [0.3, 0.4) is 0 Å². The molecule has 1 rings (SSSR count). The van der Waals surface area contributed by atoms with E-state index in [9.17, 15) is 9.59 Å². The molecule has 1 fully saturated rings. The molecule has 4 heteroatoms. The van der Waals surface area contributed by atoms with Crippen molar-refractivity contribution in [1.29, 1.82) is 0 Å². The van der Waals surface area contributed by atoms with Crippen molar-refractivity contribution in [2.75, 3.05) is 0 Å². The molecule has 0 heterocycles. The molecule has 0 aromatic heterocycles. The zero-order valence-corrected chi connectivity index (χ0v) is 15.7. The van der Waals surface area contributed by atoms with Crippen LogP contribution in [-0.4, -0.2) is 22.6 Å². The average molecular weight is 338 g/mol. The van der Waals surface area contributed by atoms with Gasteiger partial charge in [0.05, 0.1) is 0 Å². The molecule has 0 saturated heterocycles. The smallest absolute Gasteiger partial charge is 0.331 e. The van der Waals surface area contributed by atoms with E-state index in [1.54, 1.807) is 0 Å². The van der Waals surface area contributed by atoms with Gasteiger partial charge in [-0.05, 0) is 50.4 Å². The lowest BCUT2D eigenvalue weighted by molar-refractivity contribution is -0.155. The standard InChI is InChI=1S/C20H34O4/c1-5-13-20(4,24-19(23)12-11-18(21)22)14-16-7-9-17(10-8-16)15(3)6-2/h11-12,15-17H,5-10,13-14H2,1-4H3,(H,21,22)/b12-11+. The van der Waals surface area contributed by atoms with Crippen LogP contribution in [0.5, 0.6) is 0 Å². The Kier molecular flexibility index (Phi) is 8.51. The van der Waals surface area contributed by atoms with Crippen LogP contribution in [0.1, 0.15) is 79.1 Å². The fraction of sp³-hybridized carbons (Fsp3) is 0.800. The number of ether oxygens (including phenoxy) is 1. The van der Waals surface area contributed by atoms with Gasteiger partial charge in [0.1, 0.15) is 5.60 Å². The largest absolute Gasteiger partial charge is 0.478 e. The van der Waals surface area contributed by atoms with E-state index in [-0.39, 0.29) is 0 Å². The molecule has 0 aromatic rings. The Balaban J connectivity index is 2.59. The summed E-state index contributed by atoms with van der Waals surface area (Å²) in [5.74, 6) is 0.545. The highest BCUT2D eigenvalue weighted by Gasteiger charge is 2.33.